The van der Waals surface area contributed by atoms with E-state index >= 15 is 0 Å². The third kappa shape index (κ3) is 6.30. The fourth-order valence-corrected chi connectivity index (χ4v) is 5.44. The number of hydrogen-bond acceptors (Lipinski definition) is 5. The van der Waals surface area contributed by atoms with E-state index in [0.29, 0.717) is 24.3 Å². The molecule has 2 heterocycles. The summed E-state index contributed by atoms with van der Waals surface area (Å²) in [5.74, 6) is 3.22. The van der Waals surface area contributed by atoms with Crippen LogP contribution < -0.4 is 10.6 Å². The van der Waals surface area contributed by atoms with Crippen molar-refractivity contribution in [3.8, 4) is 0 Å². The molecule has 26 heavy (non-hydrogen) atoms. The van der Waals surface area contributed by atoms with Gasteiger partial charge in [-0.1, -0.05) is 12.1 Å². The van der Waals surface area contributed by atoms with Gasteiger partial charge in [0.25, 0.3) is 0 Å². The normalized spacial score (nSPS) is 14.9. The Morgan fingerprint density at radius 1 is 1.23 bits per heavy atom. The van der Waals surface area contributed by atoms with Crippen LogP contribution in [0.3, 0.4) is 0 Å². The Hall–Kier alpha value is -1.57. The van der Waals surface area contributed by atoms with Gasteiger partial charge in [0.15, 0.2) is 0 Å². The van der Waals surface area contributed by atoms with E-state index in [1.807, 2.05) is 47.8 Å². The maximum atomic E-state index is 12.0. The summed E-state index contributed by atoms with van der Waals surface area (Å²) in [6.07, 6.45) is 3.66. The Balaban J connectivity index is 1.34. The second-order valence-corrected chi connectivity index (χ2v) is 8.64. The third-order valence-corrected chi connectivity index (χ3v) is 6.83. The largest absolute Gasteiger partial charge is 0.467 e. The summed E-state index contributed by atoms with van der Waals surface area (Å²) in [5.41, 5.74) is 2.10. The number of anilines is 1. The van der Waals surface area contributed by atoms with Crippen molar-refractivity contribution < 1.29 is 13.9 Å². The number of thioether (sulfide) groups is 2. The molecule has 0 aliphatic carbocycles. The molecular weight excluding hydrogens is 368 g/mol. The minimum absolute atomic E-state index is 0.183. The Morgan fingerprint density at radius 3 is 2.92 bits per heavy atom. The first-order valence-corrected chi connectivity index (χ1v) is 10.9. The fraction of sp³-hybridized carbons (Fsp3) is 0.421. The number of hydrogen-bond donors (Lipinski definition) is 2. The third-order valence-electron chi connectivity index (χ3n) is 3.82. The summed E-state index contributed by atoms with van der Waals surface area (Å²) in [6, 6.07) is 11.7. The zero-order valence-corrected chi connectivity index (χ0v) is 16.2. The van der Waals surface area contributed by atoms with Gasteiger partial charge < -0.3 is 19.8 Å². The van der Waals surface area contributed by atoms with Crippen molar-refractivity contribution in [3.05, 3.63) is 54.0 Å². The number of ether oxygens (including phenoxy) is 1. The van der Waals surface area contributed by atoms with E-state index in [4.69, 9.17) is 9.15 Å². The van der Waals surface area contributed by atoms with E-state index in [9.17, 15) is 4.79 Å². The summed E-state index contributed by atoms with van der Waals surface area (Å²) >= 11 is 3.96. The number of benzene rings is 1. The van der Waals surface area contributed by atoms with Crippen LogP contribution >= 0.6 is 23.5 Å². The molecule has 0 saturated carbocycles. The predicted molar refractivity (Wildman–Crippen MR) is 109 cm³/mol. The predicted octanol–water partition coefficient (Wildman–Crippen LogP) is 4.88. The molecular formula is C19H24N2O3S2. The molecule has 1 fully saturated rings. The van der Waals surface area contributed by atoms with Crippen LogP contribution in [0.2, 0.25) is 0 Å². The summed E-state index contributed by atoms with van der Waals surface area (Å²) in [6.45, 7) is 1.60. The van der Waals surface area contributed by atoms with Crippen molar-refractivity contribution in [3.63, 3.8) is 0 Å². The van der Waals surface area contributed by atoms with E-state index in [-0.39, 0.29) is 6.03 Å². The summed E-state index contributed by atoms with van der Waals surface area (Å²) in [7, 11) is 0. The number of furan rings is 1. The van der Waals surface area contributed by atoms with E-state index in [1.165, 1.54) is 23.5 Å². The van der Waals surface area contributed by atoms with Gasteiger partial charge in [0.1, 0.15) is 12.4 Å². The maximum Gasteiger partial charge on any atom is 0.319 e. The fourth-order valence-electron chi connectivity index (χ4n) is 2.56. The van der Waals surface area contributed by atoms with Crippen molar-refractivity contribution in [2.45, 2.75) is 24.0 Å². The quantitative estimate of drug-likeness (QED) is 0.627. The molecule has 1 aliphatic rings. The molecule has 2 N–H and O–H groups in total. The number of rotatable bonds is 8. The summed E-state index contributed by atoms with van der Waals surface area (Å²) in [4.78, 5) is 12.0. The number of carbonyl (C=O) groups excluding carboxylic acids is 1. The van der Waals surface area contributed by atoms with Crippen LogP contribution in [0.4, 0.5) is 10.5 Å². The lowest BCUT2D eigenvalue weighted by Gasteiger charge is -2.21. The molecule has 7 heteroatoms. The second-order valence-electron chi connectivity index (χ2n) is 5.92. The van der Waals surface area contributed by atoms with E-state index in [1.54, 1.807) is 6.26 Å². The van der Waals surface area contributed by atoms with Crippen LogP contribution in [0.25, 0.3) is 0 Å². The van der Waals surface area contributed by atoms with Crippen LogP contribution in [0.5, 0.6) is 0 Å². The van der Waals surface area contributed by atoms with Gasteiger partial charge in [-0.2, -0.15) is 0 Å². The Bertz CT molecular complexity index is 673. The van der Waals surface area contributed by atoms with Gasteiger partial charge in [0.05, 0.1) is 10.8 Å². The van der Waals surface area contributed by atoms with Crippen molar-refractivity contribution in [1.82, 2.24) is 5.32 Å². The van der Waals surface area contributed by atoms with E-state index in [2.05, 4.69) is 22.8 Å². The minimum Gasteiger partial charge on any atom is -0.467 e. The molecule has 0 spiro atoms. The maximum absolute atomic E-state index is 12.0. The molecule has 1 aromatic carbocycles. The van der Waals surface area contributed by atoms with Gasteiger partial charge in [0, 0.05) is 18.8 Å². The first-order valence-electron chi connectivity index (χ1n) is 8.79. The van der Waals surface area contributed by atoms with Crippen molar-refractivity contribution in [1.29, 1.82) is 0 Å². The van der Waals surface area contributed by atoms with Crippen LogP contribution in [-0.2, 0) is 11.3 Å². The smallest absolute Gasteiger partial charge is 0.319 e. The first kappa shape index (κ1) is 19.2. The molecule has 2 aromatic rings. The van der Waals surface area contributed by atoms with Crippen LogP contribution in [0.1, 0.15) is 28.7 Å². The zero-order chi connectivity index (χ0) is 18.0. The highest BCUT2D eigenvalue weighted by molar-refractivity contribution is 8.16. The number of carbonyl (C=O) groups is 1. The molecule has 1 aromatic heterocycles. The lowest BCUT2D eigenvalue weighted by molar-refractivity contribution is 0.104. The molecule has 0 unspecified atom stereocenters. The average molecular weight is 393 g/mol. The van der Waals surface area contributed by atoms with Gasteiger partial charge >= 0.3 is 6.03 Å². The van der Waals surface area contributed by atoms with Crippen LogP contribution in [-0.4, -0.2) is 30.7 Å². The molecule has 1 aliphatic heterocycles. The van der Waals surface area contributed by atoms with Crippen molar-refractivity contribution in [2.75, 3.05) is 30.0 Å². The standard InChI is InChI=1S/C19H24N2O3S2/c22-19(20-8-3-9-23-14-17-7-2-10-24-17)21-16-6-1-5-15(13-16)18-25-11-4-12-26-18/h1-2,5-7,10,13,18H,3-4,8-9,11-12,14H2,(H2,20,21,22). The monoisotopic (exact) mass is 392 g/mol. The molecule has 1 saturated heterocycles. The van der Waals surface area contributed by atoms with Crippen LogP contribution in [0.15, 0.2) is 47.1 Å². The van der Waals surface area contributed by atoms with Gasteiger partial charge in [-0.15, -0.1) is 23.5 Å². The van der Waals surface area contributed by atoms with Crippen molar-refractivity contribution >= 4 is 35.2 Å². The second kappa shape index (κ2) is 10.5. The van der Waals surface area contributed by atoms with E-state index < -0.39 is 0 Å². The molecule has 3 rings (SSSR count). The molecule has 0 atom stereocenters. The SMILES string of the molecule is O=C(NCCCOCc1ccco1)Nc1cccc(C2SCCCS2)c1. The summed E-state index contributed by atoms with van der Waals surface area (Å²) < 4.78 is 11.2. The first-order chi connectivity index (χ1) is 12.8. The van der Waals surface area contributed by atoms with Crippen LogP contribution in [0, 0.1) is 0 Å². The molecule has 140 valence electrons. The lowest BCUT2D eigenvalue weighted by atomic mass is 10.2. The van der Waals surface area contributed by atoms with E-state index in [0.717, 1.165) is 17.9 Å². The number of nitrogens with one attached hydrogen (secondary N) is 2. The molecule has 0 radical (unpaired) electrons. The van der Waals surface area contributed by atoms with Gasteiger partial charge in [0.2, 0.25) is 0 Å². The van der Waals surface area contributed by atoms with Gasteiger partial charge in [-0.3, -0.25) is 0 Å². The highest BCUT2D eigenvalue weighted by Crippen LogP contribution is 2.43. The Morgan fingerprint density at radius 2 is 2.12 bits per heavy atom. The molecule has 0 bridgehead atoms. The summed E-state index contributed by atoms with van der Waals surface area (Å²) in [5, 5.41) is 5.77. The van der Waals surface area contributed by atoms with Crippen molar-refractivity contribution in [2.24, 2.45) is 0 Å². The van der Waals surface area contributed by atoms with Gasteiger partial charge in [-0.05, 0) is 54.2 Å². The van der Waals surface area contributed by atoms with Gasteiger partial charge in [-0.25, -0.2) is 4.79 Å². The minimum atomic E-state index is -0.183. The average Bonchev–Trinajstić information content (AvgIpc) is 3.19. The molecule has 5 nitrogen and oxygen atoms in total. The zero-order valence-electron chi connectivity index (χ0n) is 14.6. The highest BCUT2D eigenvalue weighted by atomic mass is 32.2. The number of amides is 2. The highest BCUT2D eigenvalue weighted by Gasteiger charge is 2.16. The Kier molecular flexibility index (Phi) is 7.79. The molecule has 2 amide bonds. The lowest BCUT2D eigenvalue weighted by Crippen LogP contribution is -2.30. The number of urea groups is 1. The topological polar surface area (TPSA) is 63.5 Å². The Labute approximate surface area is 162 Å².